The van der Waals surface area contributed by atoms with Crippen molar-refractivity contribution < 1.29 is 9.53 Å². The van der Waals surface area contributed by atoms with Gasteiger partial charge in [-0.3, -0.25) is 4.79 Å². The lowest BCUT2D eigenvalue weighted by molar-refractivity contribution is -0.113. The van der Waals surface area contributed by atoms with E-state index in [1.165, 1.54) is 11.8 Å². The van der Waals surface area contributed by atoms with Gasteiger partial charge in [-0.25, -0.2) is 0 Å². The van der Waals surface area contributed by atoms with Crippen molar-refractivity contribution in [1.29, 1.82) is 0 Å². The van der Waals surface area contributed by atoms with Gasteiger partial charge >= 0.3 is 0 Å². The number of nitrogens with zero attached hydrogens (tertiary/aromatic N) is 3. The van der Waals surface area contributed by atoms with Gasteiger partial charge in [-0.2, -0.15) is 0 Å². The summed E-state index contributed by atoms with van der Waals surface area (Å²) in [6.07, 6.45) is 0.676. The Bertz CT molecular complexity index is 944. The summed E-state index contributed by atoms with van der Waals surface area (Å²) in [7, 11) is 1.65. The zero-order valence-corrected chi connectivity index (χ0v) is 18.1. The molecule has 0 fully saturated rings. The van der Waals surface area contributed by atoms with Crippen LogP contribution < -0.4 is 10.1 Å². The molecule has 146 valence electrons. The quantitative estimate of drug-likeness (QED) is 0.504. The number of benzene rings is 2. The molecule has 1 aromatic heterocycles. The Balaban J connectivity index is 1.62. The largest absolute Gasteiger partial charge is 0.497 e. The number of carbonyl (C=O) groups is 1. The van der Waals surface area contributed by atoms with Gasteiger partial charge in [0, 0.05) is 23.1 Å². The van der Waals surface area contributed by atoms with Crippen LogP contribution in [0.5, 0.6) is 5.75 Å². The van der Waals surface area contributed by atoms with Gasteiger partial charge < -0.3 is 14.6 Å². The Morgan fingerprint density at radius 2 is 2.00 bits per heavy atom. The summed E-state index contributed by atoms with van der Waals surface area (Å²) in [6.45, 7) is 2.79. The van der Waals surface area contributed by atoms with E-state index in [0.29, 0.717) is 6.42 Å². The number of methoxy groups -OCH3 is 1. The second kappa shape index (κ2) is 9.75. The molecule has 6 nitrogen and oxygen atoms in total. The van der Waals surface area contributed by atoms with Crippen LogP contribution in [0.15, 0.2) is 58.2 Å². The average Bonchev–Trinajstić information content (AvgIpc) is 3.08. The maximum atomic E-state index is 12.2. The highest BCUT2D eigenvalue weighted by atomic mass is 79.9. The van der Waals surface area contributed by atoms with Gasteiger partial charge in [0.2, 0.25) is 5.91 Å². The fraction of sp³-hybridized carbons (Fsp3) is 0.250. The van der Waals surface area contributed by atoms with Crippen LogP contribution in [0.1, 0.15) is 18.3 Å². The summed E-state index contributed by atoms with van der Waals surface area (Å²) in [6, 6.07) is 15.4. The van der Waals surface area contributed by atoms with Crippen molar-refractivity contribution in [3.8, 4) is 5.75 Å². The maximum Gasteiger partial charge on any atom is 0.234 e. The predicted molar refractivity (Wildman–Crippen MR) is 115 cm³/mol. The van der Waals surface area contributed by atoms with Gasteiger partial charge in [0.25, 0.3) is 0 Å². The van der Waals surface area contributed by atoms with E-state index in [-0.39, 0.29) is 11.7 Å². The van der Waals surface area contributed by atoms with Crippen LogP contribution in [0.2, 0.25) is 0 Å². The molecule has 0 atom stereocenters. The summed E-state index contributed by atoms with van der Waals surface area (Å²) >= 11 is 4.79. The number of rotatable bonds is 8. The Kier molecular flexibility index (Phi) is 7.11. The van der Waals surface area contributed by atoms with E-state index in [4.69, 9.17) is 4.74 Å². The zero-order chi connectivity index (χ0) is 19.9. The molecule has 0 bridgehead atoms. The van der Waals surface area contributed by atoms with Crippen LogP contribution >= 0.6 is 27.7 Å². The van der Waals surface area contributed by atoms with Gasteiger partial charge in [-0.15, -0.1) is 10.2 Å². The maximum absolute atomic E-state index is 12.2. The number of amides is 1. The summed E-state index contributed by atoms with van der Waals surface area (Å²) in [5.74, 6) is 1.90. The lowest BCUT2D eigenvalue weighted by Gasteiger charge is -2.08. The molecule has 0 spiro atoms. The van der Waals surface area contributed by atoms with Crippen LogP contribution in [0.3, 0.4) is 0 Å². The van der Waals surface area contributed by atoms with Gasteiger partial charge in [0.15, 0.2) is 5.16 Å². The van der Waals surface area contributed by atoms with Crippen molar-refractivity contribution in [2.24, 2.45) is 0 Å². The molecule has 0 unspecified atom stereocenters. The van der Waals surface area contributed by atoms with E-state index < -0.39 is 0 Å². The van der Waals surface area contributed by atoms with Gasteiger partial charge in [-0.05, 0) is 42.8 Å². The highest BCUT2D eigenvalue weighted by molar-refractivity contribution is 9.10. The molecule has 8 heteroatoms. The van der Waals surface area contributed by atoms with Crippen molar-refractivity contribution in [3.63, 3.8) is 0 Å². The summed E-state index contributed by atoms with van der Waals surface area (Å²) < 4.78 is 8.16. The van der Waals surface area contributed by atoms with E-state index in [1.807, 2.05) is 60.0 Å². The Morgan fingerprint density at radius 1 is 1.21 bits per heavy atom. The summed E-state index contributed by atoms with van der Waals surface area (Å²) in [5, 5.41) is 12.2. The molecule has 0 saturated carbocycles. The lowest BCUT2D eigenvalue weighted by Crippen LogP contribution is -2.14. The summed E-state index contributed by atoms with van der Waals surface area (Å²) in [5.41, 5.74) is 1.89. The van der Waals surface area contributed by atoms with Crippen molar-refractivity contribution in [3.05, 3.63) is 64.4 Å². The molecule has 1 amide bonds. The van der Waals surface area contributed by atoms with Crippen molar-refractivity contribution in [2.45, 2.75) is 25.0 Å². The molecule has 3 aromatic rings. The fourth-order valence-electron chi connectivity index (χ4n) is 2.69. The van der Waals surface area contributed by atoms with Crippen LogP contribution in [0.25, 0.3) is 0 Å². The number of anilines is 1. The minimum absolute atomic E-state index is 0.0783. The Morgan fingerprint density at radius 3 is 2.68 bits per heavy atom. The molecule has 0 aliphatic heterocycles. The molecule has 1 N–H and O–H groups in total. The molecule has 3 rings (SSSR count). The number of hydrogen-bond donors (Lipinski definition) is 1. The number of thioether (sulfide) groups is 1. The van der Waals surface area contributed by atoms with Gasteiger partial charge in [0.05, 0.1) is 12.9 Å². The minimum Gasteiger partial charge on any atom is -0.497 e. The first kappa shape index (κ1) is 20.4. The topological polar surface area (TPSA) is 69.0 Å². The smallest absolute Gasteiger partial charge is 0.234 e. The van der Waals surface area contributed by atoms with E-state index in [0.717, 1.165) is 39.0 Å². The first-order chi connectivity index (χ1) is 13.6. The van der Waals surface area contributed by atoms with Gasteiger partial charge in [0.1, 0.15) is 11.6 Å². The molecule has 28 heavy (non-hydrogen) atoms. The van der Waals surface area contributed by atoms with Crippen LogP contribution in [0, 0.1) is 0 Å². The Hall–Kier alpha value is -2.32. The number of ether oxygens (including phenoxy) is 1. The van der Waals surface area contributed by atoms with Crippen LogP contribution in [-0.2, 0) is 17.8 Å². The summed E-state index contributed by atoms with van der Waals surface area (Å²) in [4.78, 5) is 12.2. The number of nitrogens with one attached hydrogen (secondary N) is 1. The predicted octanol–water partition coefficient (Wildman–Crippen LogP) is 4.39. The Labute approximate surface area is 176 Å². The average molecular weight is 461 g/mol. The van der Waals surface area contributed by atoms with E-state index in [2.05, 4.69) is 31.4 Å². The standard InChI is InChI=1S/C20H21BrN4O2S/c1-3-25-18(11-14-7-9-17(27-2)10-8-14)23-24-20(25)28-13-19(26)22-16-6-4-5-15(21)12-16/h4-10,12H,3,11,13H2,1-2H3,(H,22,26). The highest BCUT2D eigenvalue weighted by Crippen LogP contribution is 2.21. The van der Waals surface area contributed by atoms with Crippen molar-refractivity contribution in [1.82, 2.24) is 14.8 Å². The van der Waals surface area contributed by atoms with Crippen LogP contribution in [-0.4, -0.2) is 33.5 Å². The molecular weight excluding hydrogens is 440 g/mol. The van der Waals surface area contributed by atoms with E-state index in [9.17, 15) is 4.79 Å². The molecule has 0 radical (unpaired) electrons. The lowest BCUT2D eigenvalue weighted by atomic mass is 10.1. The minimum atomic E-state index is -0.0783. The molecular formula is C20H21BrN4O2S. The molecule has 0 aliphatic rings. The molecule has 0 aliphatic carbocycles. The third kappa shape index (κ3) is 5.36. The van der Waals surface area contributed by atoms with Crippen molar-refractivity contribution in [2.75, 3.05) is 18.2 Å². The third-order valence-corrected chi connectivity index (χ3v) is 5.53. The molecule has 1 heterocycles. The van der Waals surface area contributed by atoms with Crippen molar-refractivity contribution >= 4 is 39.3 Å². The normalized spacial score (nSPS) is 10.7. The fourth-order valence-corrected chi connectivity index (χ4v) is 3.91. The first-order valence-corrected chi connectivity index (χ1v) is 10.6. The monoisotopic (exact) mass is 460 g/mol. The van der Waals surface area contributed by atoms with Gasteiger partial charge in [-0.1, -0.05) is 45.9 Å². The molecule has 0 saturated heterocycles. The second-order valence-electron chi connectivity index (χ2n) is 6.02. The highest BCUT2D eigenvalue weighted by Gasteiger charge is 2.14. The third-order valence-electron chi connectivity index (χ3n) is 4.07. The first-order valence-electron chi connectivity index (χ1n) is 8.82. The zero-order valence-electron chi connectivity index (χ0n) is 15.7. The SMILES string of the molecule is CCn1c(Cc2ccc(OC)cc2)nnc1SCC(=O)Nc1cccc(Br)c1. The second-order valence-corrected chi connectivity index (χ2v) is 7.87. The number of halogens is 1. The van der Waals surface area contributed by atoms with E-state index >= 15 is 0 Å². The number of hydrogen-bond acceptors (Lipinski definition) is 5. The number of aromatic nitrogens is 3. The van der Waals surface area contributed by atoms with E-state index in [1.54, 1.807) is 7.11 Å². The molecule has 2 aromatic carbocycles. The van der Waals surface area contributed by atoms with Crippen LogP contribution in [0.4, 0.5) is 5.69 Å². The number of carbonyl (C=O) groups excluding carboxylic acids is 1.